The van der Waals surface area contributed by atoms with Crippen molar-refractivity contribution < 1.29 is 4.79 Å². The van der Waals surface area contributed by atoms with Crippen molar-refractivity contribution in [1.29, 1.82) is 0 Å². The van der Waals surface area contributed by atoms with Crippen molar-refractivity contribution >= 4 is 34.8 Å². The van der Waals surface area contributed by atoms with Crippen LogP contribution in [0, 0.1) is 5.92 Å². The summed E-state index contributed by atoms with van der Waals surface area (Å²) in [5, 5.41) is 2.79. The Labute approximate surface area is 126 Å². The topological polar surface area (TPSA) is 42.0 Å². The summed E-state index contributed by atoms with van der Waals surface area (Å²) in [6.07, 6.45) is 3.23. The second-order valence-corrected chi connectivity index (χ2v) is 6.22. The van der Waals surface area contributed by atoms with Crippen molar-refractivity contribution in [2.75, 3.05) is 5.32 Å². The van der Waals surface area contributed by atoms with Crippen molar-refractivity contribution in [3.8, 4) is 0 Å². The SMILES string of the molecule is O=C(Nc1cccnc1)[C@@H]1[C@@H](c2ccccc2)C1(Cl)Cl. The number of anilines is 1. The highest BCUT2D eigenvalue weighted by Gasteiger charge is 2.67. The number of amides is 1. The lowest BCUT2D eigenvalue weighted by Gasteiger charge is -2.03. The summed E-state index contributed by atoms with van der Waals surface area (Å²) in [6.45, 7) is 0. The van der Waals surface area contributed by atoms with E-state index >= 15 is 0 Å². The van der Waals surface area contributed by atoms with Gasteiger partial charge in [-0.1, -0.05) is 30.3 Å². The third-order valence-corrected chi connectivity index (χ3v) is 4.36. The van der Waals surface area contributed by atoms with Gasteiger partial charge in [-0.2, -0.15) is 0 Å². The van der Waals surface area contributed by atoms with Gasteiger partial charge in [-0.15, -0.1) is 23.2 Å². The standard InChI is InChI=1S/C15H12Cl2N2O/c16-15(17)12(10-5-2-1-3-6-10)13(15)14(20)19-11-7-4-8-18-9-11/h1-9,12-13H,(H,19,20)/t12-,13+/m1/s1. The third kappa shape index (κ3) is 2.39. The van der Waals surface area contributed by atoms with E-state index in [-0.39, 0.29) is 11.8 Å². The van der Waals surface area contributed by atoms with Gasteiger partial charge in [0, 0.05) is 12.1 Å². The van der Waals surface area contributed by atoms with Crippen LogP contribution in [0.25, 0.3) is 0 Å². The highest BCUT2D eigenvalue weighted by molar-refractivity contribution is 6.53. The van der Waals surface area contributed by atoms with E-state index in [1.807, 2.05) is 30.3 Å². The summed E-state index contributed by atoms with van der Waals surface area (Å²) in [6, 6.07) is 13.1. The number of hydrogen-bond donors (Lipinski definition) is 1. The first-order chi connectivity index (χ1) is 9.60. The van der Waals surface area contributed by atoms with Gasteiger partial charge in [0.25, 0.3) is 0 Å². The summed E-state index contributed by atoms with van der Waals surface area (Å²) < 4.78 is -1.05. The molecular formula is C15H12Cl2N2O. The molecular weight excluding hydrogens is 295 g/mol. The van der Waals surface area contributed by atoms with Crippen LogP contribution < -0.4 is 5.32 Å². The van der Waals surface area contributed by atoms with Gasteiger partial charge in [0.05, 0.1) is 17.8 Å². The fourth-order valence-corrected chi connectivity index (χ4v) is 3.21. The minimum Gasteiger partial charge on any atom is -0.324 e. The van der Waals surface area contributed by atoms with Crippen LogP contribution in [-0.4, -0.2) is 15.2 Å². The normalized spacial score (nSPS) is 23.1. The van der Waals surface area contributed by atoms with Gasteiger partial charge in [-0.25, -0.2) is 0 Å². The molecule has 2 atom stereocenters. The van der Waals surface area contributed by atoms with E-state index in [9.17, 15) is 4.79 Å². The Morgan fingerprint density at radius 2 is 1.90 bits per heavy atom. The number of carbonyl (C=O) groups is 1. The average Bonchev–Trinajstić information content (AvgIpc) is 3.04. The van der Waals surface area contributed by atoms with Crippen LogP contribution in [0.2, 0.25) is 0 Å². The molecule has 0 radical (unpaired) electrons. The van der Waals surface area contributed by atoms with Gasteiger partial charge in [-0.3, -0.25) is 9.78 Å². The number of hydrogen-bond acceptors (Lipinski definition) is 2. The van der Waals surface area contributed by atoms with Gasteiger partial charge in [0.2, 0.25) is 5.91 Å². The molecule has 0 aliphatic heterocycles. The summed E-state index contributed by atoms with van der Waals surface area (Å²) in [5.41, 5.74) is 1.61. The van der Waals surface area contributed by atoms with E-state index < -0.39 is 10.3 Å². The Balaban J connectivity index is 1.76. The van der Waals surface area contributed by atoms with Crippen LogP contribution in [0.5, 0.6) is 0 Å². The second-order valence-electron chi connectivity index (χ2n) is 4.77. The molecule has 0 saturated heterocycles. The number of nitrogens with zero attached hydrogens (tertiary/aromatic N) is 1. The lowest BCUT2D eigenvalue weighted by atomic mass is 10.1. The zero-order valence-electron chi connectivity index (χ0n) is 10.5. The summed E-state index contributed by atoms with van der Waals surface area (Å²) in [4.78, 5) is 16.2. The Kier molecular flexibility index (Phi) is 3.40. The zero-order chi connectivity index (χ0) is 14.2. The van der Waals surface area contributed by atoms with E-state index in [1.165, 1.54) is 0 Å². The number of aromatic nitrogens is 1. The van der Waals surface area contributed by atoms with Crippen molar-refractivity contribution in [2.45, 2.75) is 10.3 Å². The predicted octanol–water partition coefficient (Wildman–Crippen LogP) is 3.61. The number of carbonyl (C=O) groups excluding carboxylic acids is 1. The van der Waals surface area contributed by atoms with E-state index in [2.05, 4.69) is 10.3 Å². The Morgan fingerprint density at radius 3 is 2.55 bits per heavy atom. The summed E-state index contributed by atoms with van der Waals surface area (Å²) in [5.74, 6) is -0.811. The molecule has 1 N–H and O–H groups in total. The Hall–Kier alpha value is -1.58. The van der Waals surface area contributed by atoms with E-state index in [0.717, 1.165) is 5.56 Å². The predicted molar refractivity (Wildman–Crippen MR) is 80.0 cm³/mol. The van der Waals surface area contributed by atoms with Gasteiger partial charge in [0.15, 0.2) is 0 Å². The van der Waals surface area contributed by atoms with Crippen molar-refractivity contribution in [3.63, 3.8) is 0 Å². The van der Waals surface area contributed by atoms with E-state index in [0.29, 0.717) is 5.69 Å². The fraction of sp³-hybridized carbons (Fsp3) is 0.200. The molecule has 1 fully saturated rings. The largest absolute Gasteiger partial charge is 0.324 e. The molecule has 1 saturated carbocycles. The summed E-state index contributed by atoms with van der Waals surface area (Å²) >= 11 is 12.5. The third-order valence-electron chi connectivity index (χ3n) is 3.42. The monoisotopic (exact) mass is 306 g/mol. The summed E-state index contributed by atoms with van der Waals surface area (Å²) in [7, 11) is 0. The smallest absolute Gasteiger partial charge is 0.231 e. The molecule has 1 aromatic carbocycles. The molecule has 1 heterocycles. The fourth-order valence-electron chi connectivity index (χ4n) is 2.38. The number of rotatable bonds is 3. The van der Waals surface area contributed by atoms with E-state index in [4.69, 9.17) is 23.2 Å². The molecule has 3 nitrogen and oxygen atoms in total. The van der Waals surface area contributed by atoms with E-state index in [1.54, 1.807) is 24.5 Å². The lowest BCUT2D eigenvalue weighted by molar-refractivity contribution is -0.117. The molecule has 5 heteroatoms. The molecule has 1 amide bonds. The molecule has 2 aromatic rings. The molecule has 1 aromatic heterocycles. The molecule has 0 unspecified atom stereocenters. The number of nitrogens with one attached hydrogen (secondary N) is 1. The maximum atomic E-state index is 12.3. The molecule has 1 aliphatic rings. The highest BCUT2D eigenvalue weighted by atomic mass is 35.5. The Bertz CT molecular complexity index is 616. The van der Waals surface area contributed by atoms with Crippen molar-refractivity contribution in [2.24, 2.45) is 5.92 Å². The number of halogens is 2. The maximum absolute atomic E-state index is 12.3. The lowest BCUT2D eigenvalue weighted by Crippen LogP contribution is -2.17. The second kappa shape index (κ2) is 5.08. The first kappa shape index (κ1) is 13.4. The molecule has 102 valence electrons. The molecule has 0 bridgehead atoms. The maximum Gasteiger partial charge on any atom is 0.231 e. The number of pyridine rings is 1. The first-order valence-corrected chi connectivity index (χ1v) is 7.00. The van der Waals surface area contributed by atoms with Gasteiger partial charge in [-0.05, 0) is 17.7 Å². The van der Waals surface area contributed by atoms with Crippen LogP contribution in [0.15, 0.2) is 54.9 Å². The van der Waals surface area contributed by atoms with Gasteiger partial charge < -0.3 is 5.32 Å². The van der Waals surface area contributed by atoms with Crippen LogP contribution in [0.3, 0.4) is 0 Å². The zero-order valence-corrected chi connectivity index (χ0v) is 12.0. The van der Waals surface area contributed by atoms with Crippen molar-refractivity contribution in [3.05, 3.63) is 60.4 Å². The average molecular weight is 307 g/mol. The minimum atomic E-state index is -1.05. The van der Waals surface area contributed by atoms with Crippen LogP contribution in [0.4, 0.5) is 5.69 Å². The highest BCUT2D eigenvalue weighted by Crippen LogP contribution is 2.65. The molecule has 20 heavy (non-hydrogen) atoms. The van der Waals surface area contributed by atoms with Crippen LogP contribution in [0.1, 0.15) is 11.5 Å². The van der Waals surface area contributed by atoms with Crippen molar-refractivity contribution in [1.82, 2.24) is 4.98 Å². The first-order valence-electron chi connectivity index (χ1n) is 6.24. The van der Waals surface area contributed by atoms with Gasteiger partial charge >= 0.3 is 0 Å². The molecule has 3 rings (SSSR count). The van der Waals surface area contributed by atoms with Gasteiger partial charge in [0.1, 0.15) is 4.33 Å². The minimum absolute atomic E-state index is 0.177. The van der Waals surface area contributed by atoms with Crippen LogP contribution in [-0.2, 0) is 4.79 Å². The number of alkyl halides is 2. The Morgan fingerprint density at radius 1 is 1.15 bits per heavy atom. The number of benzene rings is 1. The molecule has 1 aliphatic carbocycles. The molecule has 0 spiro atoms. The quantitative estimate of drug-likeness (QED) is 0.880. The van der Waals surface area contributed by atoms with Crippen LogP contribution >= 0.6 is 23.2 Å².